The minimum absolute atomic E-state index is 0.163. The van der Waals surface area contributed by atoms with Crippen LogP contribution in [0.2, 0.25) is 0 Å². The highest BCUT2D eigenvalue weighted by Crippen LogP contribution is 2.17. The zero-order valence-corrected chi connectivity index (χ0v) is 10.9. The van der Waals surface area contributed by atoms with Crippen molar-refractivity contribution in [3.63, 3.8) is 0 Å². The molecule has 0 unspecified atom stereocenters. The smallest absolute Gasteiger partial charge is 0.328 e. The first kappa shape index (κ1) is 14.2. The van der Waals surface area contributed by atoms with Crippen LogP contribution < -0.4 is 0 Å². The Morgan fingerprint density at radius 3 is 2.70 bits per heavy atom. The number of carboxylic acid groups (broad SMARTS) is 1. The van der Waals surface area contributed by atoms with E-state index in [1.54, 1.807) is 11.0 Å². The van der Waals surface area contributed by atoms with E-state index in [0.717, 1.165) is 6.08 Å². The van der Waals surface area contributed by atoms with Crippen molar-refractivity contribution in [1.82, 2.24) is 9.88 Å². The maximum absolute atomic E-state index is 12.4. The van der Waals surface area contributed by atoms with E-state index in [1.807, 2.05) is 0 Å². The summed E-state index contributed by atoms with van der Waals surface area (Å²) in [4.78, 5) is 28.5. The van der Waals surface area contributed by atoms with Gasteiger partial charge < -0.3 is 15.1 Å². The molecule has 0 atom stereocenters. The molecule has 1 aromatic heterocycles. The van der Waals surface area contributed by atoms with Crippen LogP contribution in [-0.2, 0) is 4.79 Å². The average Bonchev–Trinajstić information content (AvgIpc) is 2.45. The first-order valence-corrected chi connectivity index (χ1v) is 6.40. The highest BCUT2D eigenvalue weighted by Gasteiger charge is 2.23. The number of likely N-dealkylation sites (tertiary alicyclic amines) is 1. The van der Waals surface area contributed by atoms with Crippen LogP contribution in [0.4, 0.5) is 0 Å². The second-order valence-electron chi connectivity index (χ2n) is 4.66. The summed E-state index contributed by atoms with van der Waals surface area (Å²) in [6.07, 6.45) is 6.10. The molecule has 6 nitrogen and oxygen atoms in total. The van der Waals surface area contributed by atoms with Crippen LogP contribution in [0.25, 0.3) is 6.08 Å². The topological polar surface area (TPSA) is 90.7 Å². The number of hydrogen-bond donors (Lipinski definition) is 2. The van der Waals surface area contributed by atoms with Crippen molar-refractivity contribution in [2.24, 2.45) is 0 Å². The predicted octanol–water partition coefficient (Wildman–Crippen LogP) is 0.776. The van der Waals surface area contributed by atoms with Crippen molar-refractivity contribution in [1.29, 1.82) is 0 Å². The number of piperidine rings is 1. The summed E-state index contributed by atoms with van der Waals surface area (Å²) < 4.78 is 0. The van der Waals surface area contributed by atoms with Gasteiger partial charge in [0.2, 0.25) is 0 Å². The van der Waals surface area contributed by atoms with Crippen LogP contribution >= 0.6 is 0 Å². The molecule has 0 aliphatic carbocycles. The fourth-order valence-corrected chi connectivity index (χ4v) is 2.13. The summed E-state index contributed by atoms with van der Waals surface area (Å²) in [5.74, 6) is -1.24. The lowest BCUT2D eigenvalue weighted by Crippen LogP contribution is -2.40. The first-order chi connectivity index (χ1) is 9.58. The molecule has 2 heterocycles. The number of aliphatic carboxylic acids is 1. The number of aliphatic hydroxyl groups excluding tert-OH is 1. The zero-order chi connectivity index (χ0) is 14.5. The van der Waals surface area contributed by atoms with Crippen LogP contribution in [0.5, 0.6) is 0 Å². The van der Waals surface area contributed by atoms with Gasteiger partial charge in [-0.1, -0.05) is 0 Å². The number of hydrogen-bond acceptors (Lipinski definition) is 4. The monoisotopic (exact) mass is 276 g/mol. The second-order valence-corrected chi connectivity index (χ2v) is 4.66. The minimum atomic E-state index is -1.08. The van der Waals surface area contributed by atoms with Gasteiger partial charge in [-0.15, -0.1) is 0 Å². The van der Waals surface area contributed by atoms with Gasteiger partial charge in [-0.2, -0.15) is 0 Å². The van der Waals surface area contributed by atoms with Gasteiger partial charge in [-0.25, -0.2) is 4.79 Å². The Morgan fingerprint density at radius 2 is 2.05 bits per heavy atom. The van der Waals surface area contributed by atoms with Gasteiger partial charge in [-0.05, 0) is 25.0 Å². The molecule has 1 aliphatic rings. The third-order valence-corrected chi connectivity index (χ3v) is 3.24. The summed E-state index contributed by atoms with van der Waals surface area (Å²) in [7, 11) is 0. The van der Waals surface area contributed by atoms with Crippen LogP contribution in [0.3, 0.4) is 0 Å². The molecule has 1 aliphatic heterocycles. The largest absolute Gasteiger partial charge is 0.478 e. The molecule has 6 heteroatoms. The number of aliphatic hydroxyl groups is 1. The molecule has 0 saturated carbocycles. The zero-order valence-electron chi connectivity index (χ0n) is 10.9. The van der Waals surface area contributed by atoms with E-state index in [1.165, 1.54) is 18.5 Å². The van der Waals surface area contributed by atoms with Gasteiger partial charge >= 0.3 is 5.97 Å². The summed E-state index contributed by atoms with van der Waals surface area (Å²) in [6, 6.07) is 1.58. The van der Waals surface area contributed by atoms with Gasteiger partial charge in [-0.3, -0.25) is 9.78 Å². The third-order valence-electron chi connectivity index (χ3n) is 3.24. The van der Waals surface area contributed by atoms with E-state index >= 15 is 0 Å². The van der Waals surface area contributed by atoms with Gasteiger partial charge in [0.05, 0.1) is 6.10 Å². The molecule has 1 amide bonds. The molecule has 1 saturated heterocycles. The van der Waals surface area contributed by atoms with Crippen molar-refractivity contribution in [2.75, 3.05) is 13.1 Å². The van der Waals surface area contributed by atoms with Gasteiger partial charge in [0, 0.05) is 42.7 Å². The maximum Gasteiger partial charge on any atom is 0.328 e. The lowest BCUT2D eigenvalue weighted by atomic mass is 10.0. The first-order valence-electron chi connectivity index (χ1n) is 6.40. The summed E-state index contributed by atoms with van der Waals surface area (Å²) in [5, 5.41) is 18.1. The number of carboxylic acids is 1. The Balaban J connectivity index is 2.19. The summed E-state index contributed by atoms with van der Waals surface area (Å²) in [6.45, 7) is 1.01. The fourth-order valence-electron chi connectivity index (χ4n) is 2.13. The number of nitrogens with zero attached hydrogens (tertiary/aromatic N) is 2. The van der Waals surface area contributed by atoms with E-state index < -0.39 is 5.97 Å². The Morgan fingerprint density at radius 1 is 1.35 bits per heavy atom. The lowest BCUT2D eigenvalue weighted by molar-refractivity contribution is -0.131. The van der Waals surface area contributed by atoms with Crippen molar-refractivity contribution in [3.05, 3.63) is 35.7 Å². The van der Waals surface area contributed by atoms with Crippen LogP contribution in [0.15, 0.2) is 24.5 Å². The normalized spacial score (nSPS) is 16.6. The molecule has 0 radical (unpaired) electrons. The molecular formula is C14H16N2O4. The van der Waals surface area contributed by atoms with Gasteiger partial charge in [0.25, 0.3) is 5.91 Å². The second kappa shape index (κ2) is 6.29. The molecule has 0 spiro atoms. The van der Waals surface area contributed by atoms with Crippen molar-refractivity contribution >= 4 is 18.0 Å². The Kier molecular flexibility index (Phi) is 4.47. The number of rotatable bonds is 3. The van der Waals surface area contributed by atoms with E-state index in [9.17, 15) is 14.7 Å². The number of pyridine rings is 1. The van der Waals surface area contributed by atoms with E-state index in [4.69, 9.17) is 5.11 Å². The van der Waals surface area contributed by atoms with E-state index in [-0.39, 0.29) is 12.0 Å². The van der Waals surface area contributed by atoms with Crippen molar-refractivity contribution in [3.8, 4) is 0 Å². The minimum Gasteiger partial charge on any atom is -0.478 e. The molecule has 0 bridgehead atoms. The Labute approximate surface area is 116 Å². The highest BCUT2D eigenvalue weighted by atomic mass is 16.4. The molecule has 106 valence electrons. The Bertz CT molecular complexity index is 534. The quantitative estimate of drug-likeness (QED) is 0.796. The van der Waals surface area contributed by atoms with Crippen LogP contribution in [-0.4, -0.2) is 51.2 Å². The summed E-state index contributed by atoms with van der Waals surface area (Å²) >= 11 is 0. The SMILES string of the molecule is O=C(O)C=Cc1cnccc1C(=O)N1CCC(O)CC1. The third kappa shape index (κ3) is 3.42. The fraction of sp³-hybridized carbons (Fsp3) is 0.357. The van der Waals surface area contributed by atoms with E-state index in [2.05, 4.69) is 4.98 Å². The number of aromatic nitrogens is 1. The number of carbonyl (C=O) groups excluding carboxylic acids is 1. The molecular weight excluding hydrogens is 260 g/mol. The van der Waals surface area contributed by atoms with Gasteiger partial charge in [0.15, 0.2) is 0 Å². The highest BCUT2D eigenvalue weighted by molar-refractivity contribution is 5.98. The molecule has 2 rings (SSSR count). The molecule has 20 heavy (non-hydrogen) atoms. The molecule has 0 aromatic carbocycles. The van der Waals surface area contributed by atoms with E-state index in [0.29, 0.717) is 37.1 Å². The maximum atomic E-state index is 12.4. The molecule has 1 aromatic rings. The summed E-state index contributed by atoms with van der Waals surface area (Å²) in [5.41, 5.74) is 0.903. The number of carbonyl (C=O) groups is 2. The number of amides is 1. The molecule has 2 N–H and O–H groups in total. The predicted molar refractivity (Wildman–Crippen MR) is 72.1 cm³/mol. The van der Waals surface area contributed by atoms with Gasteiger partial charge in [0.1, 0.15) is 0 Å². The Hall–Kier alpha value is -2.21. The standard InChI is InChI=1S/C14H16N2O4/c17-11-4-7-16(8-5-11)14(20)12-3-6-15-9-10(12)1-2-13(18)19/h1-3,6,9,11,17H,4-5,7-8H2,(H,18,19). The van der Waals surface area contributed by atoms with Crippen LogP contribution in [0.1, 0.15) is 28.8 Å². The van der Waals surface area contributed by atoms with Crippen molar-refractivity contribution in [2.45, 2.75) is 18.9 Å². The van der Waals surface area contributed by atoms with Crippen LogP contribution in [0, 0.1) is 0 Å². The average molecular weight is 276 g/mol. The molecule has 1 fully saturated rings. The lowest BCUT2D eigenvalue weighted by Gasteiger charge is -2.30. The van der Waals surface area contributed by atoms with Crippen molar-refractivity contribution < 1.29 is 19.8 Å².